The van der Waals surface area contributed by atoms with Crippen LogP contribution in [0.3, 0.4) is 0 Å². The van der Waals surface area contributed by atoms with E-state index in [2.05, 4.69) is 5.32 Å². The van der Waals surface area contributed by atoms with Crippen molar-refractivity contribution in [3.05, 3.63) is 58.9 Å². The molecule has 0 bridgehead atoms. The quantitative estimate of drug-likeness (QED) is 0.792. The minimum Gasteiger partial charge on any atom is -0.482 e. The summed E-state index contributed by atoms with van der Waals surface area (Å²) in [5.74, 6) is -1.44. The Morgan fingerprint density at radius 3 is 2.64 bits per heavy atom. The molecule has 2 rings (SSSR count). The fourth-order valence-corrected chi connectivity index (χ4v) is 2.22. The number of carbonyl (C=O) groups excluding carboxylic acids is 2. The van der Waals surface area contributed by atoms with Crippen LogP contribution >= 0.6 is 11.6 Å². The zero-order valence-electron chi connectivity index (χ0n) is 13.7. The Bertz CT molecular complexity index is 781. The van der Waals surface area contributed by atoms with Crippen LogP contribution in [0.1, 0.15) is 12.5 Å². The number of benzene rings is 2. The molecule has 7 heteroatoms. The fraction of sp³-hybridized carbons (Fsp3) is 0.222. The van der Waals surface area contributed by atoms with Gasteiger partial charge in [0.05, 0.1) is 5.69 Å². The van der Waals surface area contributed by atoms with E-state index in [4.69, 9.17) is 21.1 Å². The molecule has 0 aliphatic carbocycles. The van der Waals surface area contributed by atoms with Crippen LogP contribution in [0.5, 0.6) is 5.75 Å². The number of aryl methyl sites for hydroxylation is 1. The highest BCUT2D eigenvalue weighted by Gasteiger charge is 2.19. The topological polar surface area (TPSA) is 64.6 Å². The maximum Gasteiger partial charge on any atom is 0.344 e. The van der Waals surface area contributed by atoms with Crippen molar-refractivity contribution in [3.8, 4) is 5.75 Å². The lowest BCUT2D eigenvalue weighted by molar-refractivity contribution is -0.155. The van der Waals surface area contributed by atoms with Crippen molar-refractivity contribution in [2.45, 2.75) is 20.0 Å². The lowest BCUT2D eigenvalue weighted by Crippen LogP contribution is -2.32. The van der Waals surface area contributed by atoms with Crippen molar-refractivity contribution in [3.63, 3.8) is 0 Å². The normalized spacial score (nSPS) is 11.5. The highest BCUT2D eigenvalue weighted by molar-refractivity contribution is 6.30. The third-order valence-corrected chi connectivity index (χ3v) is 3.53. The second kappa shape index (κ2) is 8.48. The standard InChI is InChI=1S/C18H17ClFNO4/c1-11-9-13(19)7-8-16(11)24-10-17(22)25-12(2)18(23)21-15-6-4-3-5-14(15)20/h3-9,12H,10H2,1-2H3,(H,21,23)/t12-/m1/s1. The Hall–Kier alpha value is -2.60. The molecule has 0 radical (unpaired) electrons. The van der Waals surface area contributed by atoms with Gasteiger partial charge in [-0.1, -0.05) is 23.7 Å². The van der Waals surface area contributed by atoms with Crippen LogP contribution in [-0.2, 0) is 14.3 Å². The molecule has 0 spiro atoms. The maximum atomic E-state index is 13.5. The van der Waals surface area contributed by atoms with Gasteiger partial charge in [-0.3, -0.25) is 4.79 Å². The van der Waals surface area contributed by atoms with Gasteiger partial charge < -0.3 is 14.8 Å². The lowest BCUT2D eigenvalue weighted by atomic mass is 10.2. The first-order chi connectivity index (χ1) is 11.9. The molecule has 0 unspecified atom stereocenters. The van der Waals surface area contributed by atoms with E-state index in [0.29, 0.717) is 10.8 Å². The number of amides is 1. The average Bonchev–Trinajstić information content (AvgIpc) is 2.56. The van der Waals surface area contributed by atoms with Crippen LogP contribution in [0.4, 0.5) is 10.1 Å². The van der Waals surface area contributed by atoms with E-state index in [1.54, 1.807) is 31.2 Å². The summed E-state index contributed by atoms with van der Waals surface area (Å²) >= 11 is 5.84. The number of esters is 1. The molecule has 0 heterocycles. The van der Waals surface area contributed by atoms with E-state index in [1.165, 1.54) is 25.1 Å². The van der Waals surface area contributed by atoms with Crippen LogP contribution in [-0.4, -0.2) is 24.6 Å². The Kier molecular flexibility index (Phi) is 6.36. The van der Waals surface area contributed by atoms with E-state index in [-0.39, 0.29) is 12.3 Å². The summed E-state index contributed by atoms with van der Waals surface area (Å²) in [6.07, 6.45) is -1.10. The van der Waals surface area contributed by atoms with Crippen molar-refractivity contribution in [2.75, 3.05) is 11.9 Å². The molecular weight excluding hydrogens is 349 g/mol. The second-order valence-corrected chi connectivity index (χ2v) is 5.74. The van der Waals surface area contributed by atoms with Crippen molar-refractivity contribution < 1.29 is 23.5 Å². The number of anilines is 1. The molecule has 132 valence electrons. The second-order valence-electron chi connectivity index (χ2n) is 5.30. The van der Waals surface area contributed by atoms with Crippen molar-refractivity contribution >= 4 is 29.2 Å². The van der Waals surface area contributed by atoms with E-state index < -0.39 is 23.8 Å². The Morgan fingerprint density at radius 1 is 1.24 bits per heavy atom. The number of ether oxygens (including phenoxy) is 2. The number of carbonyl (C=O) groups is 2. The molecule has 0 fully saturated rings. The largest absolute Gasteiger partial charge is 0.482 e. The number of para-hydroxylation sites is 1. The Labute approximate surface area is 149 Å². The molecule has 2 aromatic carbocycles. The van der Waals surface area contributed by atoms with Gasteiger partial charge >= 0.3 is 5.97 Å². The van der Waals surface area contributed by atoms with Crippen molar-refractivity contribution in [2.24, 2.45) is 0 Å². The summed E-state index contributed by atoms with van der Waals surface area (Å²) < 4.78 is 23.8. The SMILES string of the molecule is Cc1cc(Cl)ccc1OCC(=O)O[C@H](C)C(=O)Nc1ccccc1F. The first-order valence-corrected chi connectivity index (χ1v) is 7.88. The fourth-order valence-electron chi connectivity index (χ4n) is 1.99. The summed E-state index contributed by atoms with van der Waals surface area (Å²) in [7, 11) is 0. The molecular formula is C18H17ClFNO4. The molecule has 0 saturated heterocycles. The summed E-state index contributed by atoms with van der Waals surface area (Å²) in [4.78, 5) is 23.8. The summed E-state index contributed by atoms with van der Waals surface area (Å²) in [6, 6.07) is 10.7. The summed E-state index contributed by atoms with van der Waals surface area (Å²) in [6.45, 7) is 2.82. The smallest absolute Gasteiger partial charge is 0.344 e. The minimum absolute atomic E-state index is 0.0171. The van der Waals surface area contributed by atoms with Crippen LogP contribution in [0, 0.1) is 12.7 Å². The number of nitrogens with one attached hydrogen (secondary N) is 1. The van der Waals surface area contributed by atoms with Crippen LogP contribution in [0.15, 0.2) is 42.5 Å². The third-order valence-electron chi connectivity index (χ3n) is 3.29. The van der Waals surface area contributed by atoms with Crippen molar-refractivity contribution in [1.29, 1.82) is 0 Å². The lowest BCUT2D eigenvalue weighted by Gasteiger charge is -2.14. The summed E-state index contributed by atoms with van der Waals surface area (Å²) in [5, 5.41) is 2.92. The molecule has 25 heavy (non-hydrogen) atoms. The summed E-state index contributed by atoms with van der Waals surface area (Å²) in [5.41, 5.74) is 0.786. The number of hydrogen-bond donors (Lipinski definition) is 1. The van der Waals surface area contributed by atoms with E-state index in [9.17, 15) is 14.0 Å². The molecule has 0 aliphatic rings. The molecule has 1 amide bonds. The van der Waals surface area contributed by atoms with E-state index >= 15 is 0 Å². The minimum atomic E-state index is -1.10. The molecule has 0 saturated carbocycles. The van der Waals surface area contributed by atoms with Gasteiger partial charge in [-0.2, -0.15) is 0 Å². The molecule has 0 aliphatic heterocycles. The van der Waals surface area contributed by atoms with Gasteiger partial charge in [0.2, 0.25) is 0 Å². The van der Waals surface area contributed by atoms with Gasteiger partial charge in [-0.15, -0.1) is 0 Å². The first-order valence-electron chi connectivity index (χ1n) is 7.50. The van der Waals surface area contributed by atoms with Crippen LogP contribution in [0.25, 0.3) is 0 Å². The molecule has 1 atom stereocenters. The monoisotopic (exact) mass is 365 g/mol. The maximum absolute atomic E-state index is 13.5. The zero-order chi connectivity index (χ0) is 18.4. The van der Waals surface area contributed by atoms with Gasteiger partial charge in [0.1, 0.15) is 11.6 Å². The number of hydrogen-bond acceptors (Lipinski definition) is 4. The van der Waals surface area contributed by atoms with Crippen LogP contribution in [0.2, 0.25) is 5.02 Å². The van der Waals surface area contributed by atoms with Crippen molar-refractivity contribution in [1.82, 2.24) is 0 Å². The molecule has 1 N–H and O–H groups in total. The molecule has 0 aromatic heterocycles. The molecule has 5 nitrogen and oxygen atoms in total. The first kappa shape index (κ1) is 18.7. The van der Waals surface area contributed by atoms with Gasteiger partial charge in [0.25, 0.3) is 5.91 Å². The molecule has 2 aromatic rings. The number of halogens is 2. The zero-order valence-corrected chi connectivity index (χ0v) is 14.5. The van der Waals surface area contributed by atoms with Gasteiger partial charge in [-0.25, -0.2) is 9.18 Å². The predicted molar refractivity (Wildman–Crippen MR) is 92.3 cm³/mol. The van der Waals surface area contributed by atoms with E-state index in [1.807, 2.05) is 0 Å². The Morgan fingerprint density at radius 2 is 1.96 bits per heavy atom. The predicted octanol–water partition coefficient (Wildman–Crippen LogP) is 3.74. The van der Waals surface area contributed by atoms with Crippen LogP contribution < -0.4 is 10.1 Å². The number of rotatable bonds is 6. The average molecular weight is 366 g/mol. The highest BCUT2D eigenvalue weighted by Crippen LogP contribution is 2.21. The van der Waals surface area contributed by atoms with Gasteiger partial charge in [0.15, 0.2) is 12.7 Å². The third kappa shape index (κ3) is 5.46. The Balaban J connectivity index is 1.85. The van der Waals surface area contributed by atoms with E-state index in [0.717, 1.165) is 5.56 Å². The van der Waals surface area contributed by atoms with Gasteiger partial charge in [-0.05, 0) is 49.7 Å². The van der Waals surface area contributed by atoms with Gasteiger partial charge in [0, 0.05) is 5.02 Å². The highest BCUT2D eigenvalue weighted by atomic mass is 35.5.